The van der Waals surface area contributed by atoms with Crippen LogP contribution in [0, 0.1) is 6.57 Å². The summed E-state index contributed by atoms with van der Waals surface area (Å²) in [6.07, 6.45) is 1.64. The Kier molecular flexibility index (Phi) is 3.40. The topological polar surface area (TPSA) is 46.5 Å². The lowest BCUT2D eigenvalue weighted by Gasteiger charge is -2.13. The van der Waals surface area contributed by atoms with Crippen molar-refractivity contribution in [3.63, 3.8) is 0 Å². The molecule has 0 amide bonds. The number of anilines is 2. The largest absolute Gasteiger partial charge is 0.392 e. The number of pyridine rings is 1. The van der Waals surface area contributed by atoms with Crippen molar-refractivity contribution in [2.45, 2.75) is 0 Å². The molecule has 0 saturated carbocycles. The Labute approximate surface area is 129 Å². The Balaban J connectivity index is 2.16. The molecular formula is C18H16N4. The van der Waals surface area contributed by atoms with E-state index in [-0.39, 0.29) is 5.82 Å². The standard InChI is InChI=1S/C18H16N4/c1-20-17-16(8-9-21-18(17)19)14-5-4-13-11-15(22(2)3)7-6-12(13)10-14/h4-11H,2-3H3,(H2,19,21). The lowest BCUT2D eigenvalue weighted by atomic mass is 10.0. The number of rotatable bonds is 2. The van der Waals surface area contributed by atoms with Gasteiger partial charge in [0.2, 0.25) is 5.69 Å². The molecule has 1 aromatic heterocycles. The second-order valence-corrected chi connectivity index (χ2v) is 5.34. The number of hydrogen-bond donors (Lipinski definition) is 1. The third-order valence-electron chi connectivity index (χ3n) is 3.72. The van der Waals surface area contributed by atoms with E-state index < -0.39 is 0 Å². The van der Waals surface area contributed by atoms with Crippen LogP contribution >= 0.6 is 0 Å². The fourth-order valence-corrected chi connectivity index (χ4v) is 2.50. The van der Waals surface area contributed by atoms with E-state index in [0.717, 1.165) is 22.2 Å². The lowest BCUT2D eigenvalue weighted by Crippen LogP contribution is -2.07. The van der Waals surface area contributed by atoms with Gasteiger partial charge in [-0.2, -0.15) is 0 Å². The van der Waals surface area contributed by atoms with Gasteiger partial charge in [0.25, 0.3) is 0 Å². The summed E-state index contributed by atoms with van der Waals surface area (Å²) in [6, 6.07) is 14.3. The molecule has 1 heterocycles. The molecule has 108 valence electrons. The molecule has 4 heteroatoms. The van der Waals surface area contributed by atoms with E-state index in [2.05, 4.69) is 45.1 Å². The van der Waals surface area contributed by atoms with Crippen molar-refractivity contribution in [2.24, 2.45) is 0 Å². The zero-order valence-electron chi connectivity index (χ0n) is 12.5. The number of benzene rings is 2. The van der Waals surface area contributed by atoms with E-state index >= 15 is 0 Å². The van der Waals surface area contributed by atoms with Gasteiger partial charge in [0.15, 0.2) is 0 Å². The summed E-state index contributed by atoms with van der Waals surface area (Å²) in [4.78, 5) is 9.58. The quantitative estimate of drug-likeness (QED) is 0.722. The third-order valence-corrected chi connectivity index (χ3v) is 3.72. The SMILES string of the molecule is [C-]#[N+]c1c(-c2ccc3cc(N(C)C)ccc3c2)ccnc1N. The molecule has 0 spiro atoms. The average Bonchev–Trinajstić information content (AvgIpc) is 2.53. The fourth-order valence-electron chi connectivity index (χ4n) is 2.50. The molecule has 0 aliphatic carbocycles. The summed E-state index contributed by atoms with van der Waals surface area (Å²) in [5.74, 6) is 0.274. The van der Waals surface area contributed by atoms with Crippen LogP contribution in [-0.2, 0) is 0 Å². The highest BCUT2D eigenvalue weighted by molar-refractivity contribution is 5.93. The van der Waals surface area contributed by atoms with Crippen LogP contribution in [0.2, 0.25) is 0 Å². The molecule has 0 aliphatic heterocycles. The first-order valence-electron chi connectivity index (χ1n) is 6.93. The summed E-state index contributed by atoms with van der Waals surface area (Å²) >= 11 is 0. The number of nitrogens with two attached hydrogens (primary N) is 1. The van der Waals surface area contributed by atoms with Gasteiger partial charge in [-0.3, -0.25) is 4.98 Å². The Morgan fingerprint density at radius 1 is 1.05 bits per heavy atom. The smallest absolute Gasteiger partial charge is 0.235 e. The van der Waals surface area contributed by atoms with Crippen molar-refractivity contribution >= 4 is 28.0 Å². The van der Waals surface area contributed by atoms with Crippen molar-refractivity contribution < 1.29 is 0 Å². The van der Waals surface area contributed by atoms with Gasteiger partial charge < -0.3 is 10.6 Å². The van der Waals surface area contributed by atoms with E-state index in [1.807, 2.05) is 26.2 Å². The van der Waals surface area contributed by atoms with Gasteiger partial charge in [0.1, 0.15) is 5.82 Å². The van der Waals surface area contributed by atoms with Crippen molar-refractivity contribution in [3.05, 3.63) is 60.1 Å². The molecule has 2 aromatic carbocycles. The molecule has 0 fully saturated rings. The van der Waals surface area contributed by atoms with Gasteiger partial charge >= 0.3 is 0 Å². The van der Waals surface area contributed by atoms with Crippen LogP contribution in [0.15, 0.2) is 48.7 Å². The first-order chi connectivity index (χ1) is 10.6. The molecule has 3 aromatic rings. The summed E-state index contributed by atoms with van der Waals surface area (Å²) in [5, 5.41) is 2.30. The Morgan fingerprint density at radius 2 is 1.77 bits per heavy atom. The van der Waals surface area contributed by atoms with Crippen molar-refractivity contribution in [2.75, 3.05) is 24.7 Å². The van der Waals surface area contributed by atoms with Crippen LogP contribution in [0.5, 0.6) is 0 Å². The fraction of sp³-hybridized carbons (Fsp3) is 0.111. The van der Waals surface area contributed by atoms with E-state index in [0.29, 0.717) is 5.69 Å². The summed E-state index contributed by atoms with van der Waals surface area (Å²) in [6.45, 7) is 7.31. The van der Waals surface area contributed by atoms with Gasteiger partial charge in [0.05, 0.1) is 6.57 Å². The van der Waals surface area contributed by atoms with Gasteiger partial charge in [-0.25, -0.2) is 4.85 Å². The van der Waals surface area contributed by atoms with Crippen molar-refractivity contribution in [1.82, 2.24) is 4.98 Å². The van der Waals surface area contributed by atoms with E-state index in [1.165, 1.54) is 5.39 Å². The maximum atomic E-state index is 7.31. The highest BCUT2D eigenvalue weighted by Crippen LogP contribution is 2.35. The maximum Gasteiger partial charge on any atom is 0.235 e. The minimum Gasteiger partial charge on any atom is -0.392 e. The lowest BCUT2D eigenvalue weighted by molar-refractivity contribution is 1.14. The van der Waals surface area contributed by atoms with Gasteiger partial charge in [-0.05, 0) is 46.2 Å². The van der Waals surface area contributed by atoms with Crippen LogP contribution < -0.4 is 10.6 Å². The summed E-state index contributed by atoms with van der Waals surface area (Å²) < 4.78 is 0. The first kappa shape index (κ1) is 13.9. The van der Waals surface area contributed by atoms with E-state index in [1.54, 1.807) is 6.20 Å². The number of aromatic nitrogens is 1. The zero-order chi connectivity index (χ0) is 15.7. The molecule has 22 heavy (non-hydrogen) atoms. The van der Waals surface area contributed by atoms with Crippen LogP contribution in [0.3, 0.4) is 0 Å². The molecule has 0 radical (unpaired) electrons. The predicted octanol–water partition coefficient (Wildman–Crippen LogP) is 4.10. The Hall–Kier alpha value is -3.06. The van der Waals surface area contributed by atoms with Gasteiger partial charge in [0, 0.05) is 26.0 Å². The highest BCUT2D eigenvalue weighted by atomic mass is 15.1. The minimum absolute atomic E-state index is 0.274. The summed E-state index contributed by atoms with van der Waals surface area (Å²) in [7, 11) is 4.05. The number of hydrogen-bond acceptors (Lipinski definition) is 3. The Bertz CT molecular complexity index is 891. The second-order valence-electron chi connectivity index (χ2n) is 5.34. The van der Waals surface area contributed by atoms with Gasteiger partial charge in [-0.1, -0.05) is 18.2 Å². The highest BCUT2D eigenvalue weighted by Gasteiger charge is 2.10. The molecule has 0 unspecified atom stereocenters. The maximum absolute atomic E-state index is 7.31. The average molecular weight is 288 g/mol. The van der Waals surface area contributed by atoms with Crippen molar-refractivity contribution in [3.8, 4) is 11.1 Å². The zero-order valence-corrected chi connectivity index (χ0v) is 12.5. The van der Waals surface area contributed by atoms with E-state index in [9.17, 15) is 0 Å². The molecular weight excluding hydrogens is 272 g/mol. The second kappa shape index (κ2) is 5.38. The van der Waals surface area contributed by atoms with E-state index in [4.69, 9.17) is 12.3 Å². The monoisotopic (exact) mass is 288 g/mol. The van der Waals surface area contributed by atoms with Gasteiger partial charge in [-0.15, -0.1) is 0 Å². The Morgan fingerprint density at radius 3 is 2.50 bits per heavy atom. The molecule has 3 rings (SSSR count). The summed E-state index contributed by atoms with van der Waals surface area (Å²) in [5.41, 5.74) is 9.17. The van der Waals surface area contributed by atoms with Crippen LogP contribution in [-0.4, -0.2) is 19.1 Å². The van der Waals surface area contributed by atoms with Crippen LogP contribution in [0.1, 0.15) is 0 Å². The number of nitrogen functional groups attached to an aromatic ring is 1. The number of nitrogens with zero attached hydrogens (tertiary/aromatic N) is 3. The third kappa shape index (κ3) is 2.33. The van der Waals surface area contributed by atoms with Crippen LogP contribution in [0.4, 0.5) is 17.2 Å². The minimum atomic E-state index is 0.274. The number of fused-ring (bicyclic) bond motifs is 1. The first-order valence-corrected chi connectivity index (χ1v) is 6.93. The normalized spacial score (nSPS) is 10.4. The van der Waals surface area contributed by atoms with Crippen LogP contribution in [0.25, 0.3) is 26.7 Å². The predicted molar refractivity (Wildman–Crippen MR) is 92.2 cm³/mol. The molecule has 0 atom stereocenters. The molecule has 0 bridgehead atoms. The molecule has 2 N–H and O–H groups in total. The molecule has 0 saturated heterocycles. The van der Waals surface area contributed by atoms with Crippen molar-refractivity contribution in [1.29, 1.82) is 0 Å². The molecule has 0 aliphatic rings. The molecule has 4 nitrogen and oxygen atoms in total.